The zero-order chi connectivity index (χ0) is 12.7. The third kappa shape index (κ3) is 2.46. The Morgan fingerprint density at radius 2 is 1.94 bits per heavy atom. The summed E-state index contributed by atoms with van der Waals surface area (Å²) in [5.41, 5.74) is 0. The Labute approximate surface area is 113 Å². The average molecular weight is 250 g/mol. The highest BCUT2D eigenvalue weighted by Gasteiger charge is 2.42. The molecule has 0 amide bonds. The van der Waals surface area contributed by atoms with Crippen LogP contribution in [0.5, 0.6) is 0 Å². The first-order valence-corrected chi connectivity index (χ1v) is 8.09. The molecule has 0 spiro atoms. The van der Waals surface area contributed by atoms with Gasteiger partial charge in [-0.25, -0.2) is 0 Å². The number of rotatable bonds is 3. The van der Waals surface area contributed by atoms with E-state index in [2.05, 4.69) is 31.1 Å². The van der Waals surface area contributed by atoms with Crippen LogP contribution in [0.1, 0.15) is 52.4 Å². The summed E-state index contributed by atoms with van der Waals surface area (Å²) in [6.07, 6.45) is 8.78. The standard InChI is InChI=1S/C16H30N2/c1-11-8-15(6-7-18(11)3)17-12(2)16-10-13-4-5-14(16)9-13/h11-17H,4-10H2,1-3H3. The highest BCUT2D eigenvalue weighted by Crippen LogP contribution is 2.49. The summed E-state index contributed by atoms with van der Waals surface area (Å²) in [5.74, 6) is 3.13. The minimum absolute atomic E-state index is 0.751. The maximum atomic E-state index is 3.97. The van der Waals surface area contributed by atoms with Crippen LogP contribution in [-0.2, 0) is 0 Å². The molecule has 2 nitrogen and oxygen atoms in total. The van der Waals surface area contributed by atoms with Crippen LogP contribution < -0.4 is 5.32 Å². The number of nitrogens with one attached hydrogen (secondary N) is 1. The Morgan fingerprint density at radius 1 is 1.11 bits per heavy atom. The molecule has 3 aliphatic rings. The van der Waals surface area contributed by atoms with Crippen LogP contribution in [0.3, 0.4) is 0 Å². The summed E-state index contributed by atoms with van der Waals surface area (Å²) in [7, 11) is 2.26. The molecule has 18 heavy (non-hydrogen) atoms. The minimum Gasteiger partial charge on any atom is -0.311 e. The normalized spacial score (nSPS) is 46.5. The van der Waals surface area contributed by atoms with E-state index in [1.807, 2.05) is 0 Å². The number of hydrogen-bond acceptors (Lipinski definition) is 2. The molecule has 2 bridgehead atoms. The zero-order valence-electron chi connectivity index (χ0n) is 12.4. The minimum atomic E-state index is 0.751. The first-order valence-electron chi connectivity index (χ1n) is 8.09. The average Bonchev–Trinajstić information content (AvgIpc) is 2.96. The van der Waals surface area contributed by atoms with Crippen LogP contribution in [0.25, 0.3) is 0 Å². The molecule has 0 radical (unpaired) electrons. The second kappa shape index (κ2) is 5.13. The van der Waals surface area contributed by atoms with Crippen LogP contribution in [0, 0.1) is 17.8 Å². The Hall–Kier alpha value is -0.0800. The van der Waals surface area contributed by atoms with Crippen LogP contribution in [0.2, 0.25) is 0 Å². The molecular weight excluding hydrogens is 220 g/mol. The van der Waals surface area contributed by atoms with E-state index in [-0.39, 0.29) is 0 Å². The summed E-state index contributed by atoms with van der Waals surface area (Å²) < 4.78 is 0. The van der Waals surface area contributed by atoms with Crippen molar-refractivity contribution in [3.05, 3.63) is 0 Å². The van der Waals surface area contributed by atoms with Gasteiger partial charge in [-0.2, -0.15) is 0 Å². The summed E-state index contributed by atoms with van der Waals surface area (Å²) in [6, 6.07) is 2.27. The van der Waals surface area contributed by atoms with Crippen molar-refractivity contribution in [1.82, 2.24) is 10.2 Å². The second-order valence-electron chi connectivity index (χ2n) is 7.34. The van der Waals surface area contributed by atoms with Gasteiger partial charge in [0.1, 0.15) is 0 Å². The molecule has 104 valence electrons. The number of fused-ring (bicyclic) bond motifs is 2. The fourth-order valence-corrected chi connectivity index (χ4v) is 4.84. The van der Waals surface area contributed by atoms with E-state index >= 15 is 0 Å². The lowest BCUT2D eigenvalue weighted by Gasteiger charge is -2.39. The Kier molecular flexibility index (Phi) is 3.68. The SMILES string of the molecule is CC(NC1CCN(C)C(C)C1)C1CC2CCC1C2. The first-order chi connectivity index (χ1) is 8.63. The topological polar surface area (TPSA) is 15.3 Å². The molecular formula is C16H30N2. The van der Waals surface area contributed by atoms with E-state index in [1.54, 1.807) is 6.42 Å². The van der Waals surface area contributed by atoms with Crippen molar-refractivity contribution in [2.24, 2.45) is 17.8 Å². The van der Waals surface area contributed by atoms with Crippen molar-refractivity contribution in [2.45, 2.75) is 70.5 Å². The first kappa shape index (κ1) is 12.9. The Bertz CT molecular complexity index is 291. The smallest absolute Gasteiger partial charge is 0.00966 e. The van der Waals surface area contributed by atoms with Crippen molar-refractivity contribution in [1.29, 1.82) is 0 Å². The lowest BCUT2D eigenvalue weighted by molar-refractivity contribution is 0.148. The summed E-state index contributed by atoms with van der Waals surface area (Å²) in [4.78, 5) is 2.50. The van der Waals surface area contributed by atoms with Crippen molar-refractivity contribution in [3.63, 3.8) is 0 Å². The number of piperidine rings is 1. The van der Waals surface area contributed by atoms with Crippen molar-refractivity contribution >= 4 is 0 Å². The van der Waals surface area contributed by atoms with Gasteiger partial charge in [0.15, 0.2) is 0 Å². The molecule has 1 saturated heterocycles. The van der Waals surface area contributed by atoms with Gasteiger partial charge in [-0.1, -0.05) is 6.42 Å². The molecule has 3 fully saturated rings. The maximum Gasteiger partial charge on any atom is 0.00966 e. The molecule has 2 saturated carbocycles. The largest absolute Gasteiger partial charge is 0.311 e. The molecule has 2 aliphatic carbocycles. The van der Waals surface area contributed by atoms with Crippen LogP contribution in [0.15, 0.2) is 0 Å². The fourth-order valence-electron chi connectivity index (χ4n) is 4.84. The number of likely N-dealkylation sites (tertiary alicyclic amines) is 1. The van der Waals surface area contributed by atoms with Crippen LogP contribution in [0.4, 0.5) is 0 Å². The van der Waals surface area contributed by atoms with E-state index in [0.29, 0.717) is 0 Å². The number of nitrogens with zero attached hydrogens (tertiary/aromatic N) is 1. The lowest BCUT2D eigenvalue weighted by Crippen LogP contribution is -2.50. The van der Waals surface area contributed by atoms with Gasteiger partial charge in [0.25, 0.3) is 0 Å². The van der Waals surface area contributed by atoms with Crippen molar-refractivity contribution < 1.29 is 0 Å². The van der Waals surface area contributed by atoms with E-state index in [0.717, 1.165) is 35.9 Å². The monoisotopic (exact) mass is 250 g/mol. The third-order valence-electron chi connectivity index (χ3n) is 6.14. The Balaban J connectivity index is 1.50. The van der Waals surface area contributed by atoms with Crippen molar-refractivity contribution in [3.8, 4) is 0 Å². The van der Waals surface area contributed by atoms with E-state index < -0.39 is 0 Å². The molecule has 1 N–H and O–H groups in total. The maximum absolute atomic E-state index is 3.97. The predicted molar refractivity (Wildman–Crippen MR) is 76.6 cm³/mol. The van der Waals surface area contributed by atoms with Crippen LogP contribution >= 0.6 is 0 Å². The van der Waals surface area contributed by atoms with E-state index in [1.165, 1.54) is 38.6 Å². The van der Waals surface area contributed by atoms with Gasteiger partial charge in [-0.05, 0) is 77.3 Å². The summed E-state index contributed by atoms with van der Waals surface area (Å²) >= 11 is 0. The van der Waals surface area contributed by atoms with Gasteiger partial charge in [0.05, 0.1) is 0 Å². The molecule has 1 aliphatic heterocycles. The molecule has 6 atom stereocenters. The van der Waals surface area contributed by atoms with Gasteiger partial charge in [0.2, 0.25) is 0 Å². The van der Waals surface area contributed by atoms with Gasteiger partial charge in [0, 0.05) is 18.1 Å². The Morgan fingerprint density at radius 3 is 2.56 bits per heavy atom. The molecule has 0 aromatic carbocycles. The highest BCUT2D eigenvalue weighted by atomic mass is 15.1. The zero-order valence-corrected chi connectivity index (χ0v) is 12.4. The van der Waals surface area contributed by atoms with E-state index in [4.69, 9.17) is 0 Å². The lowest BCUT2D eigenvalue weighted by atomic mass is 9.83. The second-order valence-corrected chi connectivity index (χ2v) is 7.34. The van der Waals surface area contributed by atoms with E-state index in [9.17, 15) is 0 Å². The molecule has 1 heterocycles. The third-order valence-corrected chi connectivity index (χ3v) is 6.14. The summed E-state index contributed by atoms with van der Waals surface area (Å²) in [5, 5.41) is 3.97. The van der Waals surface area contributed by atoms with Gasteiger partial charge in [-0.15, -0.1) is 0 Å². The van der Waals surface area contributed by atoms with Crippen molar-refractivity contribution in [2.75, 3.05) is 13.6 Å². The summed E-state index contributed by atoms with van der Waals surface area (Å²) in [6.45, 7) is 6.09. The fraction of sp³-hybridized carbons (Fsp3) is 1.00. The molecule has 2 heteroatoms. The molecule has 3 rings (SSSR count). The predicted octanol–water partition coefficient (Wildman–Crippen LogP) is 2.88. The molecule has 0 aromatic heterocycles. The molecule has 0 aromatic rings. The highest BCUT2D eigenvalue weighted by molar-refractivity contribution is 4.95. The van der Waals surface area contributed by atoms with Gasteiger partial charge < -0.3 is 10.2 Å². The molecule has 6 unspecified atom stereocenters. The van der Waals surface area contributed by atoms with Gasteiger partial charge >= 0.3 is 0 Å². The van der Waals surface area contributed by atoms with Gasteiger partial charge in [-0.3, -0.25) is 0 Å². The van der Waals surface area contributed by atoms with Crippen LogP contribution in [-0.4, -0.2) is 36.6 Å². The number of hydrogen-bond donors (Lipinski definition) is 1. The quantitative estimate of drug-likeness (QED) is 0.828.